The summed E-state index contributed by atoms with van der Waals surface area (Å²) in [7, 11) is 0. The van der Waals surface area contributed by atoms with E-state index in [0.29, 0.717) is 5.69 Å². The van der Waals surface area contributed by atoms with Gasteiger partial charge in [0.1, 0.15) is 5.69 Å². The summed E-state index contributed by atoms with van der Waals surface area (Å²) in [4.78, 5) is 20.1. The minimum atomic E-state index is -0.210. The average molecular weight is 455 g/mol. The lowest BCUT2D eigenvalue weighted by molar-refractivity contribution is 0.123. The zero-order chi connectivity index (χ0) is 23.3. The highest BCUT2D eigenvalue weighted by Crippen LogP contribution is 2.30. The van der Waals surface area contributed by atoms with E-state index in [1.165, 1.54) is 12.8 Å². The third kappa shape index (κ3) is 4.65. The number of H-pyrrole nitrogens is 1. The summed E-state index contributed by atoms with van der Waals surface area (Å²) in [6.07, 6.45) is 5.21. The first-order chi connectivity index (χ1) is 16.7. The summed E-state index contributed by atoms with van der Waals surface area (Å²) >= 11 is 0. The van der Waals surface area contributed by atoms with Crippen molar-refractivity contribution in [2.75, 3.05) is 18.4 Å². The monoisotopic (exact) mass is 454 g/mol. The van der Waals surface area contributed by atoms with Crippen molar-refractivity contribution in [1.29, 1.82) is 0 Å². The molecule has 2 atom stereocenters. The first-order valence-corrected chi connectivity index (χ1v) is 12.0. The number of hydrogen-bond acceptors (Lipinski definition) is 4. The molecule has 4 aromatic rings. The SMILES string of the molecule is CCN1CCCCC1C(NC(=O)Nc1ccc2[nH]nc(-c3ccccn3)c2c1)c1ccccc1. The highest BCUT2D eigenvalue weighted by molar-refractivity contribution is 5.97. The van der Waals surface area contributed by atoms with Crippen LogP contribution in [0.2, 0.25) is 0 Å². The van der Waals surface area contributed by atoms with Gasteiger partial charge >= 0.3 is 6.03 Å². The maximum Gasteiger partial charge on any atom is 0.319 e. The van der Waals surface area contributed by atoms with E-state index >= 15 is 0 Å². The van der Waals surface area contributed by atoms with Crippen LogP contribution < -0.4 is 10.6 Å². The van der Waals surface area contributed by atoms with Crippen LogP contribution in [0.1, 0.15) is 37.8 Å². The maximum absolute atomic E-state index is 13.2. The van der Waals surface area contributed by atoms with Gasteiger partial charge in [0, 0.05) is 23.3 Å². The van der Waals surface area contributed by atoms with E-state index in [2.05, 4.69) is 49.8 Å². The molecule has 0 bridgehead atoms. The van der Waals surface area contributed by atoms with Crippen molar-refractivity contribution in [2.45, 2.75) is 38.3 Å². The molecule has 0 radical (unpaired) electrons. The molecular formula is C27H30N6O. The normalized spacial score (nSPS) is 17.4. The molecule has 7 heteroatoms. The minimum absolute atomic E-state index is 0.0804. The lowest BCUT2D eigenvalue weighted by Gasteiger charge is -2.40. The van der Waals surface area contributed by atoms with E-state index in [1.54, 1.807) is 6.20 Å². The van der Waals surface area contributed by atoms with E-state index < -0.39 is 0 Å². The quantitative estimate of drug-likeness (QED) is 0.366. The van der Waals surface area contributed by atoms with Gasteiger partial charge in [0.2, 0.25) is 0 Å². The van der Waals surface area contributed by atoms with Crippen molar-refractivity contribution in [2.24, 2.45) is 0 Å². The van der Waals surface area contributed by atoms with E-state index in [0.717, 1.165) is 47.4 Å². The molecule has 3 heterocycles. The highest BCUT2D eigenvalue weighted by atomic mass is 16.2. The number of hydrogen-bond donors (Lipinski definition) is 3. The van der Waals surface area contributed by atoms with Crippen LogP contribution in [0.25, 0.3) is 22.3 Å². The molecular weight excluding hydrogens is 424 g/mol. The first kappa shape index (κ1) is 22.1. The molecule has 0 aliphatic carbocycles. The zero-order valence-corrected chi connectivity index (χ0v) is 19.4. The van der Waals surface area contributed by atoms with Crippen molar-refractivity contribution in [1.82, 2.24) is 25.4 Å². The largest absolute Gasteiger partial charge is 0.329 e. The molecule has 0 saturated carbocycles. The van der Waals surface area contributed by atoms with Gasteiger partial charge in [0.05, 0.1) is 17.3 Å². The predicted octanol–water partition coefficient (Wildman–Crippen LogP) is 5.36. The Morgan fingerprint density at radius 1 is 1.12 bits per heavy atom. The van der Waals surface area contributed by atoms with Gasteiger partial charge in [-0.25, -0.2) is 4.79 Å². The number of carbonyl (C=O) groups is 1. The van der Waals surface area contributed by atoms with Gasteiger partial charge < -0.3 is 10.6 Å². The molecule has 2 unspecified atom stereocenters. The summed E-state index contributed by atoms with van der Waals surface area (Å²) < 4.78 is 0. The number of nitrogens with zero attached hydrogens (tertiary/aromatic N) is 3. The number of carbonyl (C=O) groups excluding carboxylic acids is 1. The number of rotatable bonds is 6. The molecule has 1 aliphatic rings. The number of anilines is 1. The summed E-state index contributed by atoms with van der Waals surface area (Å²) in [6.45, 7) is 4.24. The van der Waals surface area contributed by atoms with Crippen LogP contribution in [0.3, 0.4) is 0 Å². The molecule has 1 aliphatic heterocycles. The smallest absolute Gasteiger partial charge is 0.319 e. The van der Waals surface area contributed by atoms with Crippen LogP contribution in [0, 0.1) is 0 Å². The Balaban J connectivity index is 1.38. The number of amides is 2. The Kier molecular flexibility index (Phi) is 6.53. The molecule has 1 fully saturated rings. The molecule has 34 heavy (non-hydrogen) atoms. The standard InChI is InChI=1S/C27H30N6O/c1-2-33-17-9-7-13-24(33)25(19-10-4-3-5-11-19)30-27(34)29-20-14-15-22-21(18-20)26(32-31-22)23-12-6-8-16-28-23/h3-6,8,10-12,14-16,18,24-25H,2,7,9,13,17H2,1H3,(H,31,32)(H2,29,30,34). The second-order valence-corrected chi connectivity index (χ2v) is 8.73. The fourth-order valence-electron chi connectivity index (χ4n) is 4.95. The molecule has 5 rings (SSSR count). The minimum Gasteiger partial charge on any atom is -0.329 e. The Bertz CT molecular complexity index is 1240. The maximum atomic E-state index is 13.2. The molecule has 2 aromatic carbocycles. The lowest BCUT2D eigenvalue weighted by Crippen LogP contribution is -2.49. The number of urea groups is 1. The van der Waals surface area contributed by atoms with Crippen LogP contribution >= 0.6 is 0 Å². The van der Waals surface area contributed by atoms with Gasteiger partial charge in [0.25, 0.3) is 0 Å². The van der Waals surface area contributed by atoms with Crippen molar-refractivity contribution in [3.63, 3.8) is 0 Å². The van der Waals surface area contributed by atoms with E-state index in [4.69, 9.17) is 0 Å². The number of fused-ring (bicyclic) bond motifs is 1. The molecule has 174 valence electrons. The number of aromatic nitrogens is 3. The van der Waals surface area contributed by atoms with E-state index in [9.17, 15) is 4.79 Å². The third-order valence-corrected chi connectivity index (χ3v) is 6.63. The second-order valence-electron chi connectivity index (χ2n) is 8.73. The number of nitrogens with one attached hydrogen (secondary N) is 3. The summed E-state index contributed by atoms with van der Waals surface area (Å²) in [5, 5.41) is 14.7. The fraction of sp³-hybridized carbons (Fsp3) is 0.296. The van der Waals surface area contributed by atoms with Crippen molar-refractivity contribution < 1.29 is 4.79 Å². The van der Waals surface area contributed by atoms with Gasteiger partial charge in [0.15, 0.2) is 0 Å². The first-order valence-electron chi connectivity index (χ1n) is 12.0. The van der Waals surface area contributed by atoms with E-state index in [1.807, 2.05) is 54.6 Å². The number of likely N-dealkylation sites (N-methyl/N-ethyl adjacent to an activating group) is 1. The van der Waals surface area contributed by atoms with Gasteiger partial charge in [-0.15, -0.1) is 0 Å². The Morgan fingerprint density at radius 3 is 2.76 bits per heavy atom. The summed E-state index contributed by atoms with van der Waals surface area (Å²) in [5.41, 5.74) is 4.30. The van der Waals surface area contributed by atoms with Crippen LogP contribution in [0.4, 0.5) is 10.5 Å². The van der Waals surface area contributed by atoms with E-state index in [-0.39, 0.29) is 18.1 Å². The fourth-order valence-corrected chi connectivity index (χ4v) is 4.95. The average Bonchev–Trinajstić information content (AvgIpc) is 3.31. The molecule has 3 N–H and O–H groups in total. The molecule has 7 nitrogen and oxygen atoms in total. The topological polar surface area (TPSA) is 85.9 Å². The van der Waals surface area contributed by atoms with Crippen LogP contribution in [0.15, 0.2) is 72.9 Å². The Hall–Kier alpha value is -3.71. The van der Waals surface area contributed by atoms with Gasteiger partial charge in [-0.1, -0.05) is 49.7 Å². The summed E-state index contributed by atoms with van der Waals surface area (Å²) in [6, 6.07) is 21.8. The van der Waals surface area contributed by atoms with Crippen LogP contribution in [-0.4, -0.2) is 45.2 Å². The number of piperidine rings is 1. The van der Waals surface area contributed by atoms with Crippen molar-refractivity contribution >= 4 is 22.6 Å². The van der Waals surface area contributed by atoms with Crippen molar-refractivity contribution in [3.8, 4) is 11.4 Å². The third-order valence-electron chi connectivity index (χ3n) is 6.63. The van der Waals surface area contributed by atoms with Gasteiger partial charge in [-0.05, 0) is 61.8 Å². The van der Waals surface area contributed by atoms with Gasteiger partial charge in [-0.3, -0.25) is 15.0 Å². The molecule has 1 saturated heterocycles. The molecule has 2 amide bonds. The molecule has 2 aromatic heterocycles. The van der Waals surface area contributed by atoms with Crippen LogP contribution in [-0.2, 0) is 0 Å². The highest BCUT2D eigenvalue weighted by Gasteiger charge is 2.31. The Morgan fingerprint density at radius 2 is 1.97 bits per heavy atom. The predicted molar refractivity (Wildman–Crippen MR) is 136 cm³/mol. The number of likely N-dealkylation sites (tertiary alicyclic amines) is 1. The van der Waals surface area contributed by atoms with Crippen LogP contribution in [0.5, 0.6) is 0 Å². The number of aromatic amines is 1. The van der Waals surface area contributed by atoms with Gasteiger partial charge in [-0.2, -0.15) is 5.10 Å². The zero-order valence-electron chi connectivity index (χ0n) is 19.4. The molecule has 0 spiro atoms. The number of pyridine rings is 1. The lowest BCUT2D eigenvalue weighted by atomic mass is 9.91. The second kappa shape index (κ2) is 10.1. The summed E-state index contributed by atoms with van der Waals surface area (Å²) in [5.74, 6) is 0. The number of benzene rings is 2. The Labute approximate surface area is 199 Å². The van der Waals surface area contributed by atoms with Crippen molar-refractivity contribution in [3.05, 3.63) is 78.5 Å².